The van der Waals surface area contributed by atoms with Crippen molar-refractivity contribution in [2.75, 3.05) is 19.8 Å². The van der Waals surface area contributed by atoms with Crippen LogP contribution >= 0.6 is 0 Å². The summed E-state index contributed by atoms with van der Waals surface area (Å²) in [5, 5.41) is 0. The summed E-state index contributed by atoms with van der Waals surface area (Å²) in [4.78, 5) is 13.5. The van der Waals surface area contributed by atoms with E-state index in [4.69, 9.17) is 10.5 Å². The third-order valence-electron chi connectivity index (χ3n) is 3.20. The van der Waals surface area contributed by atoms with Crippen molar-refractivity contribution < 1.29 is 9.53 Å². The molecular formula is C10H18N2O2. The van der Waals surface area contributed by atoms with E-state index in [2.05, 4.69) is 0 Å². The van der Waals surface area contributed by atoms with Gasteiger partial charge >= 0.3 is 0 Å². The molecule has 2 fully saturated rings. The van der Waals surface area contributed by atoms with Crippen LogP contribution in [0.1, 0.15) is 25.7 Å². The van der Waals surface area contributed by atoms with Gasteiger partial charge in [0.05, 0.1) is 6.61 Å². The molecule has 2 rings (SSSR count). The number of carbonyl (C=O) groups is 1. The maximum Gasteiger partial charge on any atom is 0.248 e. The van der Waals surface area contributed by atoms with Crippen molar-refractivity contribution >= 4 is 5.91 Å². The second-order valence-electron chi connectivity index (χ2n) is 4.16. The van der Waals surface area contributed by atoms with Crippen LogP contribution in [0.3, 0.4) is 0 Å². The maximum atomic E-state index is 11.6. The highest BCUT2D eigenvalue weighted by molar-refractivity contribution is 5.78. The molecule has 1 amide bonds. The number of carbonyl (C=O) groups excluding carboxylic acids is 1. The molecule has 0 aromatic rings. The van der Waals surface area contributed by atoms with Gasteiger partial charge in [-0.05, 0) is 12.8 Å². The van der Waals surface area contributed by atoms with E-state index in [0.717, 1.165) is 19.4 Å². The predicted molar refractivity (Wildman–Crippen MR) is 52.8 cm³/mol. The Bertz CT molecular complexity index is 220. The van der Waals surface area contributed by atoms with Crippen LogP contribution in [0, 0.1) is 0 Å². The minimum absolute atomic E-state index is 0.110. The van der Waals surface area contributed by atoms with E-state index in [0.29, 0.717) is 6.61 Å². The third kappa shape index (κ3) is 1.91. The smallest absolute Gasteiger partial charge is 0.248 e. The molecule has 2 unspecified atom stereocenters. The summed E-state index contributed by atoms with van der Waals surface area (Å²) in [7, 11) is 0. The summed E-state index contributed by atoms with van der Waals surface area (Å²) >= 11 is 0. The average Bonchev–Trinajstić information content (AvgIpc) is 2.20. The lowest BCUT2D eigenvalue weighted by molar-refractivity contribution is -0.146. The molecule has 2 atom stereocenters. The first-order valence-corrected chi connectivity index (χ1v) is 5.42. The zero-order valence-corrected chi connectivity index (χ0v) is 8.45. The minimum Gasteiger partial charge on any atom is -0.370 e. The molecule has 2 aliphatic rings. The Kier molecular flexibility index (Phi) is 3.03. The van der Waals surface area contributed by atoms with Crippen molar-refractivity contribution in [2.45, 2.75) is 37.8 Å². The van der Waals surface area contributed by atoms with Crippen molar-refractivity contribution in [3.8, 4) is 0 Å². The standard InChI is InChI=1S/C10H18N2O2/c11-8-3-1-2-4-9(8)12-5-6-14-7-10(12)13/h8-9H,1-7,11H2. The van der Waals surface area contributed by atoms with Gasteiger partial charge in [0.2, 0.25) is 5.91 Å². The van der Waals surface area contributed by atoms with Crippen molar-refractivity contribution in [2.24, 2.45) is 5.73 Å². The number of hydrogen-bond acceptors (Lipinski definition) is 3. The molecule has 0 spiro atoms. The normalized spacial score (nSPS) is 34.6. The van der Waals surface area contributed by atoms with Crippen LogP contribution in [-0.4, -0.2) is 42.6 Å². The number of rotatable bonds is 1. The van der Waals surface area contributed by atoms with E-state index in [1.165, 1.54) is 12.8 Å². The highest BCUT2D eigenvalue weighted by Crippen LogP contribution is 2.22. The summed E-state index contributed by atoms with van der Waals surface area (Å²) in [5.74, 6) is 0.110. The Morgan fingerprint density at radius 2 is 2.14 bits per heavy atom. The number of amides is 1. The molecule has 2 N–H and O–H groups in total. The molecule has 1 aliphatic heterocycles. The van der Waals surface area contributed by atoms with Crippen LogP contribution in [-0.2, 0) is 9.53 Å². The SMILES string of the molecule is NC1CCCCC1N1CCOCC1=O. The third-order valence-corrected chi connectivity index (χ3v) is 3.20. The minimum atomic E-state index is 0.110. The van der Waals surface area contributed by atoms with Gasteiger partial charge in [0.15, 0.2) is 0 Å². The van der Waals surface area contributed by atoms with Crippen LogP contribution in [0.25, 0.3) is 0 Å². The van der Waals surface area contributed by atoms with Crippen molar-refractivity contribution in [3.05, 3.63) is 0 Å². The first-order chi connectivity index (χ1) is 6.79. The molecule has 0 aromatic heterocycles. The van der Waals surface area contributed by atoms with Gasteiger partial charge in [-0.15, -0.1) is 0 Å². The number of nitrogens with two attached hydrogens (primary N) is 1. The fourth-order valence-corrected chi connectivity index (χ4v) is 2.41. The van der Waals surface area contributed by atoms with E-state index in [1.54, 1.807) is 0 Å². The Hall–Kier alpha value is -0.610. The van der Waals surface area contributed by atoms with Crippen LogP contribution in [0.4, 0.5) is 0 Å². The zero-order valence-electron chi connectivity index (χ0n) is 8.45. The first-order valence-electron chi connectivity index (χ1n) is 5.42. The molecule has 4 nitrogen and oxygen atoms in total. The van der Waals surface area contributed by atoms with Crippen molar-refractivity contribution in [3.63, 3.8) is 0 Å². The Balaban J connectivity index is 2.00. The Labute approximate surface area is 84.4 Å². The summed E-state index contributed by atoms with van der Waals surface area (Å²) < 4.78 is 5.11. The molecule has 0 aromatic carbocycles. The van der Waals surface area contributed by atoms with Crippen molar-refractivity contribution in [1.29, 1.82) is 0 Å². The van der Waals surface area contributed by atoms with E-state index >= 15 is 0 Å². The zero-order chi connectivity index (χ0) is 9.97. The molecule has 0 bridgehead atoms. The molecule has 80 valence electrons. The number of ether oxygens (including phenoxy) is 1. The predicted octanol–water partition coefficient (Wildman–Crippen LogP) is 0.115. The van der Waals surface area contributed by atoms with Gasteiger partial charge in [0.25, 0.3) is 0 Å². The number of hydrogen-bond donors (Lipinski definition) is 1. The maximum absolute atomic E-state index is 11.6. The largest absolute Gasteiger partial charge is 0.370 e. The van der Waals surface area contributed by atoms with Crippen LogP contribution in [0.2, 0.25) is 0 Å². The van der Waals surface area contributed by atoms with Gasteiger partial charge in [0.1, 0.15) is 6.61 Å². The van der Waals surface area contributed by atoms with E-state index in [-0.39, 0.29) is 24.6 Å². The lowest BCUT2D eigenvalue weighted by Crippen LogP contribution is -2.55. The number of morpholine rings is 1. The lowest BCUT2D eigenvalue weighted by Gasteiger charge is -2.40. The van der Waals surface area contributed by atoms with Gasteiger partial charge in [-0.25, -0.2) is 0 Å². The van der Waals surface area contributed by atoms with Gasteiger partial charge in [-0.2, -0.15) is 0 Å². The monoisotopic (exact) mass is 198 g/mol. The average molecular weight is 198 g/mol. The van der Waals surface area contributed by atoms with Crippen LogP contribution in [0.5, 0.6) is 0 Å². The second kappa shape index (κ2) is 4.28. The molecular weight excluding hydrogens is 180 g/mol. The van der Waals surface area contributed by atoms with Crippen molar-refractivity contribution in [1.82, 2.24) is 4.90 Å². The van der Waals surface area contributed by atoms with Gasteiger partial charge in [-0.3, -0.25) is 4.79 Å². The Morgan fingerprint density at radius 3 is 2.86 bits per heavy atom. The Morgan fingerprint density at radius 1 is 1.36 bits per heavy atom. The van der Waals surface area contributed by atoms with E-state index < -0.39 is 0 Å². The molecule has 1 aliphatic carbocycles. The molecule has 1 saturated heterocycles. The highest BCUT2D eigenvalue weighted by atomic mass is 16.5. The van der Waals surface area contributed by atoms with Gasteiger partial charge in [0, 0.05) is 18.6 Å². The van der Waals surface area contributed by atoms with Crippen LogP contribution < -0.4 is 5.73 Å². The summed E-state index contributed by atoms with van der Waals surface area (Å²) in [6.07, 6.45) is 4.52. The highest BCUT2D eigenvalue weighted by Gasteiger charge is 2.32. The van der Waals surface area contributed by atoms with Gasteiger partial charge < -0.3 is 15.4 Å². The summed E-state index contributed by atoms with van der Waals surface area (Å²) in [6, 6.07) is 0.436. The van der Waals surface area contributed by atoms with E-state index in [9.17, 15) is 4.79 Å². The topological polar surface area (TPSA) is 55.6 Å². The summed E-state index contributed by atoms with van der Waals surface area (Å²) in [6.45, 7) is 1.62. The molecule has 1 saturated carbocycles. The first kappa shape index (κ1) is 9.93. The quantitative estimate of drug-likeness (QED) is 0.651. The second-order valence-corrected chi connectivity index (χ2v) is 4.16. The lowest BCUT2D eigenvalue weighted by atomic mass is 9.89. The van der Waals surface area contributed by atoms with E-state index in [1.807, 2.05) is 4.90 Å². The molecule has 0 radical (unpaired) electrons. The molecule has 14 heavy (non-hydrogen) atoms. The van der Waals surface area contributed by atoms with Crippen LogP contribution in [0.15, 0.2) is 0 Å². The molecule has 4 heteroatoms. The fourth-order valence-electron chi connectivity index (χ4n) is 2.41. The number of nitrogens with zero attached hydrogens (tertiary/aromatic N) is 1. The molecule has 1 heterocycles. The van der Waals surface area contributed by atoms with Gasteiger partial charge in [-0.1, -0.05) is 12.8 Å². The summed E-state index contributed by atoms with van der Waals surface area (Å²) in [5.41, 5.74) is 6.04. The fraction of sp³-hybridized carbons (Fsp3) is 0.900.